The van der Waals surface area contributed by atoms with E-state index in [9.17, 15) is 9.59 Å². The molecule has 1 heterocycles. The fraction of sp³-hybridized carbons (Fsp3) is 0.353. The third-order valence-electron chi connectivity index (χ3n) is 3.75. The number of halogens is 1. The molecule has 25 heavy (non-hydrogen) atoms. The number of hydrogen-bond donors (Lipinski definition) is 2. The number of likely N-dealkylation sites (N-methyl/N-ethyl adjacent to an activating group) is 1. The lowest BCUT2D eigenvalue weighted by Gasteiger charge is -2.17. The predicted molar refractivity (Wildman–Crippen MR) is 100 cm³/mol. The first kappa shape index (κ1) is 20.7. The van der Waals surface area contributed by atoms with Crippen LogP contribution in [0.2, 0.25) is 0 Å². The number of carbonyl (C=O) groups is 2. The number of nitrogens with zero attached hydrogens (tertiary/aromatic N) is 3. The van der Waals surface area contributed by atoms with Crippen molar-refractivity contribution in [2.45, 2.75) is 13.0 Å². The van der Waals surface area contributed by atoms with Gasteiger partial charge in [-0.2, -0.15) is 5.10 Å². The van der Waals surface area contributed by atoms with Gasteiger partial charge >= 0.3 is 0 Å². The highest BCUT2D eigenvalue weighted by Gasteiger charge is 2.21. The molecule has 0 bridgehead atoms. The molecule has 1 aromatic heterocycles. The Morgan fingerprint density at radius 2 is 1.96 bits per heavy atom. The number of aryl methyl sites for hydroxylation is 2. The fourth-order valence-electron chi connectivity index (χ4n) is 2.42. The van der Waals surface area contributed by atoms with Gasteiger partial charge in [0.05, 0.1) is 6.20 Å². The smallest absolute Gasteiger partial charge is 0.253 e. The second-order valence-electron chi connectivity index (χ2n) is 5.89. The molecule has 0 aliphatic heterocycles. The van der Waals surface area contributed by atoms with E-state index in [-0.39, 0.29) is 24.2 Å². The average molecular weight is 366 g/mol. The molecule has 7 nitrogen and oxygen atoms in total. The van der Waals surface area contributed by atoms with E-state index in [4.69, 9.17) is 0 Å². The van der Waals surface area contributed by atoms with Crippen molar-refractivity contribution < 1.29 is 9.59 Å². The summed E-state index contributed by atoms with van der Waals surface area (Å²) in [7, 11) is 6.92. The summed E-state index contributed by atoms with van der Waals surface area (Å²) in [4.78, 5) is 26.3. The summed E-state index contributed by atoms with van der Waals surface area (Å²) in [5.41, 5.74) is 2.79. The topological polar surface area (TPSA) is 79.3 Å². The van der Waals surface area contributed by atoms with Gasteiger partial charge in [-0.05, 0) is 31.7 Å². The molecule has 0 aliphatic rings. The van der Waals surface area contributed by atoms with Gasteiger partial charge in [0.2, 0.25) is 5.91 Å². The van der Waals surface area contributed by atoms with E-state index in [1.165, 1.54) is 4.90 Å². The van der Waals surface area contributed by atoms with Crippen molar-refractivity contribution >= 4 is 29.9 Å². The minimum Gasteiger partial charge on any atom is -0.345 e. The summed E-state index contributed by atoms with van der Waals surface area (Å²) in [5.74, 6) is -0.307. The summed E-state index contributed by atoms with van der Waals surface area (Å²) >= 11 is 0. The van der Waals surface area contributed by atoms with Crippen LogP contribution in [0.25, 0.3) is 0 Å². The van der Waals surface area contributed by atoms with Gasteiger partial charge in [0.25, 0.3) is 5.91 Å². The molecule has 0 fully saturated rings. The Morgan fingerprint density at radius 1 is 1.28 bits per heavy atom. The van der Waals surface area contributed by atoms with Crippen LogP contribution in [0.5, 0.6) is 0 Å². The zero-order chi connectivity index (χ0) is 17.9. The van der Waals surface area contributed by atoms with Crippen molar-refractivity contribution in [1.29, 1.82) is 0 Å². The number of aromatic nitrogens is 2. The highest BCUT2D eigenvalue weighted by atomic mass is 35.5. The summed E-state index contributed by atoms with van der Waals surface area (Å²) in [6.07, 6.45) is 3.44. The van der Waals surface area contributed by atoms with Crippen LogP contribution in [-0.2, 0) is 11.8 Å². The lowest BCUT2D eigenvalue weighted by Crippen LogP contribution is -2.30. The maximum Gasteiger partial charge on any atom is 0.253 e. The standard InChI is InChI=1S/C17H23N5O2.ClH/c1-11-6-7-13(8-14(11)17(24)21(3)4)20-16(23)15(18-2)12-9-19-22(5)10-12;/h6-10,15,18H,1-5H3,(H,20,23);1H. The van der Waals surface area contributed by atoms with Gasteiger partial charge in [0.1, 0.15) is 6.04 Å². The van der Waals surface area contributed by atoms with Gasteiger partial charge in [0, 0.05) is 44.2 Å². The second kappa shape index (κ2) is 8.64. The molecule has 2 rings (SSSR count). The number of amides is 2. The van der Waals surface area contributed by atoms with Crippen molar-refractivity contribution in [3.8, 4) is 0 Å². The van der Waals surface area contributed by atoms with Crippen LogP contribution < -0.4 is 10.6 Å². The molecule has 2 amide bonds. The molecule has 2 N–H and O–H groups in total. The third kappa shape index (κ3) is 4.80. The number of anilines is 1. The third-order valence-corrected chi connectivity index (χ3v) is 3.75. The minimum absolute atomic E-state index is 0. The maximum atomic E-state index is 12.5. The van der Waals surface area contributed by atoms with Crippen LogP contribution in [0.3, 0.4) is 0 Å². The van der Waals surface area contributed by atoms with Crippen molar-refractivity contribution in [1.82, 2.24) is 20.0 Å². The Bertz CT molecular complexity index is 757. The van der Waals surface area contributed by atoms with E-state index < -0.39 is 6.04 Å². The lowest BCUT2D eigenvalue weighted by atomic mass is 10.1. The van der Waals surface area contributed by atoms with Crippen molar-refractivity contribution in [2.75, 3.05) is 26.5 Å². The van der Waals surface area contributed by atoms with E-state index in [0.29, 0.717) is 11.3 Å². The van der Waals surface area contributed by atoms with Crippen LogP contribution >= 0.6 is 12.4 Å². The monoisotopic (exact) mass is 365 g/mol. The molecular formula is C17H24ClN5O2. The molecule has 1 unspecified atom stereocenters. The van der Waals surface area contributed by atoms with Crippen LogP contribution in [0.1, 0.15) is 27.5 Å². The predicted octanol–water partition coefficient (Wildman–Crippen LogP) is 1.75. The summed E-state index contributed by atoms with van der Waals surface area (Å²) in [6, 6.07) is 4.79. The molecule has 0 saturated carbocycles. The Balaban J connectivity index is 0.00000312. The Kier molecular flexibility index (Phi) is 7.14. The highest BCUT2D eigenvalue weighted by molar-refractivity contribution is 5.99. The zero-order valence-corrected chi connectivity index (χ0v) is 15.8. The molecule has 0 saturated heterocycles. The van der Waals surface area contributed by atoms with E-state index >= 15 is 0 Å². The van der Waals surface area contributed by atoms with E-state index in [2.05, 4.69) is 15.7 Å². The van der Waals surface area contributed by atoms with Crippen LogP contribution in [0.4, 0.5) is 5.69 Å². The maximum absolute atomic E-state index is 12.5. The SMILES string of the molecule is CNC(C(=O)Nc1ccc(C)c(C(=O)N(C)C)c1)c1cnn(C)c1.Cl. The molecule has 0 radical (unpaired) electrons. The van der Waals surface area contributed by atoms with Crippen LogP contribution in [0, 0.1) is 6.92 Å². The van der Waals surface area contributed by atoms with Crippen LogP contribution in [0.15, 0.2) is 30.6 Å². The molecule has 0 spiro atoms. The second-order valence-corrected chi connectivity index (χ2v) is 5.89. The van der Waals surface area contributed by atoms with Crippen molar-refractivity contribution in [2.24, 2.45) is 7.05 Å². The number of rotatable bonds is 5. The van der Waals surface area contributed by atoms with Gasteiger partial charge in [0.15, 0.2) is 0 Å². The van der Waals surface area contributed by atoms with Gasteiger partial charge in [-0.3, -0.25) is 14.3 Å². The average Bonchev–Trinajstić information content (AvgIpc) is 2.95. The number of hydrogen-bond acceptors (Lipinski definition) is 4. The molecule has 136 valence electrons. The zero-order valence-electron chi connectivity index (χ0n) is 15.0. The van der Waals surface area contributed by atoms with E-state index in [1.807, 2.05) is 13.0 Å². The number of nitrogens with one attached hydrogen (secondary N) is 2. The molecule has 0 aliphatic carbocycles. The van der Waals surface area contributed by atoms with E-state index in [0.717, 1.165) is 11.1 Å². The van der Waals surface area contributed by atoms with Crippen LogP contribution in [-0.4, -0.2) is 47.6 Å². The van der Waals surface area contributed by atoms with E-state index in [1.54, 1.807) is 57.4 Å². The fourth-order valence-corrected chi connectivity index (χ4v) is 2.42. The van der Waals surface area contributed by atoms with Gasteiger partial charge in [-0.1, -0.05) is 6.07 Å². The summed E-state index contributed by atoms with van der Waals surface area (Å²) < 4.78 is 1.65. The molecular weight excluding hydrogens is 342 g/mol. The quantitative estimate of drug-likeness (QED) is 0.846. The Morgan fingerprint density at radius 3 is 2.48 bits per heavy atom. The minimum atomic E-state index is -0.520. The van der Waals surface area contributed by atoms with Gasteiger partial charge in [-0.25, -0.2) is 0 Å². The number of carbonyl (C=O) groups excluding carboxylic acids is 2. The lowest BCUT2D eigenvalue weighted by molar-refractivity contribution is -0.118. The highest BCUT2D eigenvalue weighted by Crippen LogP contribution is 2.19. The molecule has 1 atom stereocenters. The van der Waals surface area contributed by atoms with Gasteiger partial charge in [-0.15, -0.1) is 12.4 Å². The van der Waals surface area contributed by atoms with Crippen molar-refractivity contribution in [3.63, 3.8) is 0 Å². The largest absolute Gasteiger partial charge is 0.345 e. The first-order valence-electron chi connectivity index (χ1n) is 7.62. The Labute approximate surface area is 153 Å². The first-order valence-corrected chi connectivity index (χ1v) is 7.62. The normalized spacial score (nSPS) is 11.4. The molecule has 1 aromatic carbocycles. The molecule has 8 heteroatoms. The van der Waals surface area contributed by atoms with Crippen molar-refractivity contribution in [3.05, 3.63) is 47.3 Å². The summed E-state index contributed by atoms with van der Waals surface area (Å²) in [5, 5.41) is 9.92. The van der Waals surface area contributed by atoms with Gasteiger partial charge < -0.3 is 15.5 Å². The molecule has 2 aromatic rings. The number of benzene rings is 1. The summed E-state index contributed by atoms with van der Waals surface area (Å²) in [6.45, 7) is 1.87. The Hall–Kier alpha value is -2.38. The first-order chi connectivity index (χ1) is 11.3.